The molecule has 0 aliphatic heterocycles. The first-order valence-electron chi connectivity index (χ1n) is 4.26. The highest BCUT2D eigenvalue weighted by Gasteiger charge is 2.17. The van der Waals surface area contributed by atoms with Crippen LogP contribution in [0.3, 0.4) is 0 Å². The molecule has 1 aromatic heterocycles. The van der Waals surface area contributed by atoms with Crippen molar-refractivity contribution in [3.05, 3.63) is 24.2 Å². The Hall–Kier alpha value is -1.42. The standard InChI is InChI=1S/C10H12O4/c1-7(13-2)9(11)5-10(12)8-3-4-14-6-8/h3-4,6-7H,5H2,1-2H3. The molecule has 0 radical (unpaired) electrons. The summed E-state index contributed by atoms with van der Waals surface area (Å²) in [6, 6.07) is 1.53. The molecule has 0 amide bonds. The molecule has 0 N–H and O–H groups in total. The minimum Gasteiger partial charge on any atom is -0.472 e. The zero-order chi connectivity index (χ0) is 10.6. The Bertz CT molecular complexity index is 313. The van der Waals surface area contributed by atoms with E-state index in [9.17, 15) is 9.59 Å². The molecule has 0 bridgehead atoms. The number of ether oxygens (including phenoxy) is 1. The summed E-state index contributed by atoms with van der Waals surface area (Å²) in [5.74, 6) is -0.466. The van der Waals surface area contributed by atoms with Gasteiger partial charge in [0.15, 0.2) is 11.6 Å². The van der Waals surface area contributed by atoms with E-state index < -0.39 is 6.10 Å². The van der Waals surface area contributed by atoms with E-state index in [4.69, 9.17) is 9.15 Å². The molecule has 0 fully saturated rings. The third-order valence-electron chi connectivity index (χ3n) is 1.98. The van der Waals surface area contributed by atoms with Gasteiger partial charge in [0, 0.05) is 7.11 Å². The quantitative estimate of drug-likeness (QED) is 0.528. The predicted molar refractivity (Wildman–Crippen MR) is 49.1 cm³/mol. The first kappa shape index (κ1) is 10.7. The number of methoxy groups -OCH3 is 1. The minimum atomic E-state index is -0.536. The van der Waals surface area contributed by atoms with E-state index in [2.05, 4.69) is 0 Å². The molecule has 0 saturated heterocycles. The van der Waals surface area contributed by atoms with Crippen LogP contribution in [0, 0.1) is 0 Å². The molecule has 0 aromatic carbocycles. The number of hydrogen-bond acceptors (Lipinski definition) is 4. The fourth-order valence-electron chi connectivity index (χ4n) is 0.959. The average molecular weight is 196 g/mol. The highest BCUT2D eigenvalue weighted by Crippen LogP contribution is 2.06. The second-order valence-electron chi connectivity index (χ2n) is 2.96. The lowest BCUT2D eigenvalue weighted by Crippen LogP contribution is -2.21. The van der Waals surface area contributed by atoms with E-state index in [1.54, 1.807) is 6.92 Å². The fraction of sp³-hybridized carbons (Fsp3) is 0.400. The van der Waals surface area contributed by atoms with Crippen molar-refractivity contribution in [2.75, 3.05) is 7.11 Å². The molecule has 1 rings (SSSR count). The van der Waals surface area contributed by atoms with Crippen LogP contribution in [0.1, 0.15) is 23.7 Å². The van der Waals surface area contributed by atoms with Crippen LogP contribution < -0.4 is 0 Å². The Morgan fingerprint density at radius 2 is 2.29 bits per heavy atom. The first-order chi connectivity index (χ1) is 6.65. The van der Waals surface area contributed by atoms with Crippen molar-refractivity contribution in [2.45, 2.75) is 19.4 Å². The van der Waals surface area contributed by atoms with Gasteiger partial charge < -0.3 is 9.15 Å². The maximum atomic E-state index is 11.4. The molecule has 1 atom stereocenters. The molecule has 1 heterocycles. The number of Topliss-reactive ketones (excluding diaryl/α,β-unsaturated/α-hetero) is 2. The lowest BCUT2D eigenvalue weighted by molar-refractivity contribution is -0.126. The Morgan fingerprint density at radius 1 is 1.57 bits per heavy atom. The molecule has 14 heavy (non-hydrogen) atoms. The third-order valence-corrected chi connectivity index (χ3v) is 1.98. The van der Waals surface area contributed by atoms with E-state index in [1.165, 1.54) is 25.7 Å². The van der Waals surface area contributed by atoms with Crippen molar-refractivity contribution in [3.63, 3.8) is 0 Å². The number of hydrogen-bond donors (Lipinski definition) is 0. The molecular weight excluding hydrogens is 184 g/mol. The van der Waals surface area contributed by atoms with Gasteiger partial charge in [-0.25, -0.2) is 0 Å². The van der Waals surface area contributed by atoms with Gasteiger partial charge in [-0.15, -0.1) is 0 Å². The van der Waals surface area contributed by atoms with Crippen molar-refractivity contribution < 1.29 is 18.7 Å². The monoisotopic (exact) mass is 196 g/mol. The molecule has 76 valence electrons. The number of furan rings is 1. The van der Waals surface area contributed by atoms with Gasteiger partial charge in [0.05, 0.1) is 18.2 Å². The summed E-state index contributed by atoms with van der Waals surface area (Å²) in [7, 11) is 1.44. The van der Waals surface area contributed by atoms with Gasteiger partial charge in [-0.1, -0.05) is 0 Å². The molecule has 0 aliphatic rings. The number of ketones is 2. The van der Waals surface area contributed by atoms with Gasteiger partial charge >= 0.3 is 0 Å². The Morgan fingerprint density at radius 3 is 2.79 bits per heavy atom. The van der Waals surface area contributed by atoms with Gasteiger partial charge in [0.1, 0.15) is 12.4 Å². The third kappa shape index (κ3) is 2.53. The van der Waals surface area contributed by atoms with Crippen LogP contribution in [0.4, 0.5) is 0 Å². The lowest BCUT2D eigenvalue weighted by Gasteiger charge is -2.06. The zero-order valence-electron chi connectivity index (χ0n) is 8.15. The minimum absolute atomic E-state index is 0.144. The van der Waals surface area contributed by atoms with Crippen LogP contribution in [0.5, 0.6) is 0 Å². The summed E-state index contributed by atoms with van der Waals surface area (Å²) in [5.41, 5.74) is 0.418. The van der Waals surface area contributed by atoms with E-state index in [0.717, 1.165) is 0 Å². The van der Waals surface area contributed by atoms with E-state index in [1.807, 2.05) is 0 Å². The molecule has 1 aromatic rings. The normalized spacial score (nSPS) is 12.4. The van der Waals surface area contributed by atoms with Gasteiger partial charge in [0.25, 0.3) is 0 Å². The van der Waals surface area contributed by atoms with Gasteiger partial charge in [-0.3, -0.25) is 9.59 Å². The van der Waals surface area contributed by atoms with Crippen LogP contribution in [0.15, 0.2) is 23.0 Å². The Labute approximate surface area is 81.9 Å². The molecule has 0 aliphatic carbocycles. The van der Waals surface area contributed by atoms with E-state index in [0.29, 0.717) is 5.56 Å². The van der Waals surface area contributed by atoms with Gasteiger partial charge in [0.2, 0.25) is 0 Å². The topological polar surface area (TPSA) is 56.5 Å². The summed E-state index contributed by atoms with van der Waals surface area (Å²) in [6.45, 7) is 1.62. The highest BCUT2D eigenvalue weighted by molar-refractivity contribution is 6.08. The summed E-state index contributed by atoms with van der Waals surface area (Å²) >= 11 is 0. The number of carbonyl (C=O) groups is 2. The summed E-state index contributed by atoms with van der Waals surface area (Å²) in [4.78, 5) is 22.7. The van der Waals surface area contributed by atoms with Gasteiger partial charge in [-0.05, 0) is 13.0 Å². The van der Waals surface area contributed by atoms with Crippen molar-refractivity contribution in [1.82, 2.24) is 0 Å². The highest BCUT2D eigenvalue weighted by atomic mass is 16.5. The molecule has 1 unspecified atom stereocenters. The van der Waals surface area contributed by atoms with Crippen molar-refractivity contribution in [1.29, 1.82) is 0 Å². The molecule has 0 saturated carbocycles. The fourth-order valence-corrected chi connectivity index (χ4v) is 0.959. The van der Waals surface area contributed by atoms with E-state index >= 15 is 0 Å². The number of rotatable bonds is 5. The lowest BCUT2D eigenvalue weighted by atomic mass is 10.1. The molecule has 0 spiro atoms. The smallest absolute Gasteiger partial charge is 0.173 e. The van der Waals surface area contributed by atoms with Crippen LogP contribution in [0.2, 0.25) is 0 Å². The zero-order valence-corrected chi connectivity index (χ0v) is 8.15. The first-order valence-corrected chi connectivity index (χ1v) is 4.26. The Kier molecular flexibility index (Phi) is 3.59. The largest absolute Gasteiger partial charge is 0.472 e. The van der Waals surface area contributed by atoms with Crippen LogP contribution in [-0.4, -0.2) is 24.8 Å². The van der Waals surface area contributed by atoms with Crippen molar-refractivity contribution in [3.8, 4) is 0 Å². The summed E-state index contributed by atoms with van der Waals surface area (Å²) < 4.78 is 9.55. The molecular formula is C10H12O4. The predicted octanol–water partition coefficient (Wildman–Crippen LogP) is 1.46. The second kappa shape index (κ2) is 4.72. The van der Waals surface area contributed by atoms with E-state index in [-0.39, 0.29) is 18.0 Å². The van der Waals surface area contributed by atoms with Crippen LogP contribution in [0.25, 0.3) is 0 Å². The summed E-state index contributed by atoms with van der Waals surface area (Å²) in [5, 5.41) is 0. The average Bonchev–Trinajstić information content (AvgIpc) is 2.69. The van der Waals surface area contributed by atoms with Crippen LogP contribution >= 0.6 is 0 Å². The van der Waals surface area contributed by atoms with Crippen molar-refractivity contribution >= 4 is 11.6 Å². The van der Waals surface area contributed by atoms with Crippen molar-refractivity contribution in [2.24, 2.45) is 0 Å². The molecule has 4 heteroatoms. The van der Waals surface area contributed by atoms with Crippen LogP contribution in [-0.2, 0) is 9.53 Å². The molecule has 4 nitrogen and oxygen atoms in total. The van der Waals surface area contributed by atoms with Gasteiger partial charge in [-0.2, -0.15) is 0 Å². The SMILES string of the molecule is COC(C)C(=O)CC(=O)c1ccoc1. The Balaban J connectivity index is 2.54. The number of carbonyl (C=O) groups excluding carboxylic acids is 2. The maximum absolute atomic E-state index is 11.4. The second-order valence-corrected chi connectivity index (χ2v) is 2.96. The summed E-state index contributed by atoms with van der Waals surface area (Å²) in [6.07, 6.45) is 2.05. The maximum Gasteiger partial charge on any atom is 0.173 e.